The van der Waals surface area contributed by atoms with Crippen LogP contribution in [0.2, 0.25) is 5.02 Å². The molecule has 0 spiro atoms. The summed E-state index contributed by atoms with van der Waals surface area (Å²) in [6, 6.07) is 10.0. The second kappa shape index (κ2) is 8.16. The van der Waals surface area contributed by atoms with E-state index in [1.54, 1.807) is 0 Å². The molecule has 1 aliphatic heterocycles. The number of hydrogen-bond donors (Lipinski definition) is 0. The average molecular weight is 440 g/mol. The lowest BCUT2D eigenvalue weighted by atomic mass is 10.2. The van der Waals surface area contributed by atoms with Gasteiger partial charge in [0.15, 0.2) is 5.01 Å². The number of alkyl halides is 3. The molecule has 29 heavy (non-hydrogen) atoms. The standard InChI is InChI=1S/C19H17ClF3N5S/c20-15-5-2-1-4-14(15)17-25-26-18(29-17)28-9-3-8-27(10-11-28)16-7-6-13(12-24-16)19(21,22)23/h1-2,4-7,12H,3,8-11H2. The first-order valence-electron chi connectivity index (χ1n) is 9.03. The normalized spacial score (nSPS) is 15.4. The van der Waals surface area contributed by atoms with E-state index in [1.807, 2.05) is 29.2 Å². The molecule has 0 bridgehead atoms. The van der Waals surface area contributed by atoms with Crippen molar-refractivity contribution >= 4 is 33.9 Å². The zero-order valence-electron chi connectivity index (χ0n) is 15.2. The Morgan fingerprint density at radius 1 is 0.931 bits per heavy atom. The summed E-state index contributed by atoms with van der Waals surface area (Å²) in [5.74, 6) is 0.550. The first-order chi connectivity index (χ1) is 13.9. The van der Waals surface area contributed by atoms with E-state index < -0.39 is 11.7 Å². The Kier molecular flexibility index (Phi) is 5.60. The molecule has 0 amide bonds. The lowest BCUT2D eigenvalue weighted by Crippen LogP contribution is -2.31. The molecule has 0 unspecified atom stereocenters. The van der Waals surface area contributed by atoms with Crippen molar-refractivity contribution in [3.8, 4) is 10.6 Å². The molecule has 10 heteroatoms. The van der Waals surface area contributed by atoms with E-state index >= 15 is 0 Å². The zero-order valence-corrected chi connectivity index (χ0v) is 16.8. The first kappa shape index (κ1) is 19.9. The van der Waals surface area contributed by atoms with Crippen LogP contribution in [0.25, 0.3) is 10.6 Å². The van der Waals surface area contributed by atoms with E-state index in [2.05, 4.69) is 20.1 Å². The monoisotopic (exact) mass is 439 g/mol. The molecule has 1 fully saturated rings. The van der Waals surface area contributed by atoms with Crippen molar-refractivity contribution in [1.29, 1.82) is 0 Å². The fourth-order valence-corrected chi connectivity index (χ4v) is 4.38. The number of anilines is 2. The summed E-state index contributed by atoms with van der Waals surface area (Å²) in [7, 11) is 0. The molecule has 2 aromatic heterocycles. The van der Waals surface area contributed by atoms with Crippen molar-refractivity contribution in [2.75, 3.05) is 36.0 Å². The Hall–Kier alpha value is -2.39. The maximum Gasteiger partial charge on any atom is 0.417 e. The van der Waals surface area contributed by atoms with Crippen LogP contribution in [0.15, 0.2) is 42.6 Å². The summed E-state index contributed by atoms with van der Waals surface area (Å²) in [4.78, 5) is 8.15. The van der Waals surface area contributed by atoms with Gasteiger partial charge in [0, 0.05) is 37.9 Å². The third-order valence-electron chi connectivity index (χ3n) is 4.68. The lowest BCUT2D eigenvalue weighted by Gasteiger charge is -2.22. The van der Waals surface area contributed by atoms with E-state index in [-0.39, 0.29) is 0 Å². The van der Waals surface area contributed by atoms with E-state index in [9.17, 15) is 13.2 Å². The Morgan fingerprint density at radius 2 is 1.69 bits per heavy atom. The Labute approximate surface area is 174 Å². The van der Waals surface area contributed by atoms with Crippen molar-refractivity contribution in [2.24, 2.45) is 0 Å². The molecule has 1 aromatic carbocycles. The highest BCUT2D eigenvalue weighted by atomic mass is 35.5. The maximum absolute atomic E-state index is 12.7. The smallest absolute Gasteiger partial charge is 0.355 e. The molecule has 3 aromatic rings. The van der Waals surface area contributed by atoms with Gasteiger partial charge in [-0.25, -0.2) is 4.98 Å². The van der Waals surface area contributed by atoms with E-state index in [0.29, 0.717) is 30.5 Å². The molecule has 0 radical (unpaired) electrons. The van der Waals surface area contributed by atoms with Gasteiger partial charge < -0.3 is 9.80 Å². The number of nitrogens with zero attached hydrogens (tertiary/aromatic N) is 5. The largest absolute Gasteiger partial charge is 0.417 e. The highest BCUT2D eigenvalue weighted by Crippen LogP contribution is 2.34. The van der Waals surface area contributed by atoms with Gasteiger partial charge in [0.2, 0.25) is 5.13 Å². The average Bonchev–Trinajstić information content (AvgIpc) is 3.05. The summed E-state index contributed by atoms with van der Waals surface area (Å²) in [5.41, 5.74) is 0.113. The fourth-order valence-electron chi connectivity index (χ4n) is 3.17. The van der Waals surface area contributed by atoms with E-state index in [0.717, 1.165) is 40.9 Å². The number of aromatic nitrogens is 3. The van der Waals surface area contributed by atoms with E-state index in [4.69, 9.17) is 11.6 Å². The summed E-state index contributed by atoms with van der Waals surface area (Å²) < 4.78 is 38.2. The first-order valence-corrected chi connectivity index (χ1v) is 10.2. The third-order valence-corrected chi connectivity index (χ3v) is 6.03. The van der Waals surface area contributed by atoms with Gasteiger partial charge in [-0.1, -0.05) is 41.1 Å². The molecular weight excluding hydrogens is 423 g/mol. The summed E-state index contributed by atoms with van der Waals surface area (Å²) in [6.07, 6.45) is -2.65. The molecule has 1 aliphatic rings. The number of benzene rings is 1. The molecule has 0 atom stereocenters. The topological polar surface area (TPSA) is 45.2 Å². The second-order valence-corrected chi connectivity index (χ2v) is 7.96. The second-order valence-electron chi connectivity index (χ2n) is 6.60. The minimum atomic E-state index is -4.38. The van der Waals surface area contributed by atoms with Gasteiger partial charge in [0.05, 0.1) is 10.6 Å². The van der Waals surface area contributed by atoms with Gasteiger partial charge >= 0.3 is 6.18 Å². The molecule has 1 saturated heterocycles. The van der Waals surface area contributed by atoms with Crippen LogP contribution in [-0.4, -0.2) is 41.4 Å². The summed E-state index contributed by atoms with van der Waals surface area (Å²) in [5, 5.41) is 10.8. The van der Waals surface area contributed by atoms with Crippen LogP contribution in [0, 0.1) is 0 Å². The molecule has 152 valence electrons. The van der Waals surface area contributed by atoms with Gasteiger partial charge in [-0.3, -0.25) is 0 Å². The van der Waals surface area contributed by atoms with Crippen molar-refractivity contribution in [2.45, 2.75) is 12.6 Å². The summed E-state index contributed by atoms with van der Waals surface area (Å²) >= 11 is 7.73. The molecule has 0 saturated carbocycles. The molecule has 5 nitrogen and oxygen atoms in total. The van der Waals surface area contributed by atoms with Crippen LogP contribution in [0.3, 0.4) is 0 Å². The van der Waals surface area contributed by atoms with Gasteiger partial charge in [-0.05, 0) is 24.6 Å². The maximum atomic E-state index is 12.7. The van der Waals surface area contributed by atoms with Crippen LogP contribution >= 0.6 is 22.9 Å². The van der Waals surface area contributed by atoms with Gasteiger partial charge in [0.1, 0.15) is 5.82 Å². The minimum absolute atomic E-state index is 0.550. The number of halogens is 4. The molecule has 3 heterocycles. The van der Waals surface area contributed by atoms with E-state index in [1.165, 1.54) is 17.4 Å². The van der Waals surface area contributed by atoms with Crippen LogP contribution in [0.5, 0.6) is 0 Å². The Balaban J connectivity index is 1.45. The van der Waals surface area contributed by atoms with Crippen LogP contribution in [-0.2, 0) is 6.18 Å². The predicted molar refractivity (Wildman–Crippen MR) is 109 cm³/mol. The minimum Gasteiger partial charge on any atom is -0.355 e. The third kappa shape index (κ3) is 4.45. The highest BCUT2D eigenvalue weighted by Gasteiger charge is 2.31. The molecular formula is C19H17ClF3N5S. The fraction of sp³-hybridized carbons (Fsp3) is 0.316. The van der Waals surface area contributed by atoms with Crippen LogP contribution in [0.1, 0.15) is 12.0 Å². The van der Waals surface area contributed by atoms with Crippen molar-refractivity contribution in [3.63, 3.8) is 0 Å². The number of hydrogen-bond acceptors (Lipinski definition) is 6. The van der Waals surface area contributed by atoms with Crippen molar-refractivity contribution in [1.82, 2.24) is 15.2 Å². The molecule has 0 N–H and O–H groups in total. The molecule has 0 aliphatic carbocycles. The quantitative estimate of drug-likeness (QED) is 0.575. The van der Waals surface area contributed by atoms with Gasteiger partial charge in [-0.15, -0.1) is 10.2 Å². The van der Waals surface area contributed by atoms with Crippen molar-refractivity contribution in [3.05, 3.63) is 53.2 Å². The number of pyridine rings is 1. The van der Waals surface area contributed by atoms with Gasteiger partial charge in [-0.2, -0.15) is 13.2 Å². The van der Waals surface area contributed by atoms with Gasteiger partial charge in [0.25, 0.3) is 0 Å². The van der Waals surface area contributed by atoms with Crippen LogP contribution in [0.4, 0.5) is 24.1 Å². The lowest BCUT2D eigenvalue weighted by molar-refractivity contribution is -0.137. The zero-order chi connectivity index (χ0) is 20.4. The molecule has 4 rings (SSSR count). The Morgan fingerprint density at radius 3 is 2.41 bits per heavy atom. The number of rotatable bonds is 3. The predicted octanol–water partition coefficient (Wildman–Crippen LogP) is 4.99. The SMILES string of the molecule is FC(F)(F)c1ccc(N2CCCN(c3nnc(-c4ccccc4Cl)s3)CC2)nc1. The highest BCUT2D eigenvalue weighted by molar-refractivity contribution is 7.18. The van der Waals surface area contributed by atoms with Crippen molar-refractivity contribution < 1.29 is 13.2 Å². The Bertz CT molecular complexity index is 976. The summed E-state index contributed by atoms with van der Waals surface area (Å²) in [6.45, 7) is 2.82. The van der Waals surface area contributed by atoms with Crippen LogP contribution < -0.4 is 9.80 Å².